The van der Waals surface area contributed by atoms with Gasteiger partial charge in [0.25, 0.3) is 0 Å². The third-order valence-electron chi connectivity index (χ3n) is 5.78. The number of aromatic hydroxyl groups is 1. The van der Waals surface area contributed by atoms with Gasteiger partial charge < -0.3 is 9.53 Å². The van der Waals surface area contributed by atoms with E-state index in [0.29, 0.717) is 0 Å². The van der Waals surface area contributed by atoms with Crippen LogP contribution in [0.3, 0.4) is 0 Å². The molecule has 0 aliphatic rings. The Morgan fingerprint density at radius 3 is 1.73 bits per heavy atom. The number of aromatic nitrogens is 2. The highest BCUT2D eigenvalue weighted by molar-refractivity contribution is 6.74. The summed E-state index contributed by atoms with van der Waals surface area (Å²) in [5.41, 5.74) is 3.88. The molecule has 0 aliphatic heterocycles. The van der Waals surface area contributed by atoms with E-state index in [4.69, 9.17) is 4.43 Å². The van der Waals surface area contributed by atoms with Crippen molar-refractivity contribution in [3.63, 3.8) is 0 Å². The van der Waals surface area contributed by atoms with Gasteiger partial charge >= 0.3 is 0 Å². The van der Waals surface area contributed by atoms with Gasteiger partial charge in [0.15, 0.2) is 0 Å². The summed E-state index contributed by atoms with van der Waals surface area (Å²) in [5, 5.41) is 9.45. The van der Waals surface area contributed by atoms with Gasteiger partial charge in [0.2, 0.25) is 8.32 Å². The van der Waals surface area contributed by atoms with Gasteiger partial charge in [-0.1, -0.05) is 57.2 Å². The zero-order valence-electron chi connectivity index (χ0n) is 20.0. The van der Waals surface area contributed by atoms with E-state index in [2.05, 4.69) is 56.0 Å². The van der Waals surface area contributed by atoms with Gasteiger partial charge in [0, 0.05) is 23.5 Å². The van der Waals surface area contributed by atoms with Gasteiger partial charge in [-0.25, -0.2) is 0 Å². The van der Waals surface area contributed by atoms with Crippen LogP contribution >= 0.6 is 0 Å². The molecular formula is C28H32N2O2Si. The highest BCUT2D eigenvalue weighted by Gasteiger charge is 2.38. The van der Waals surface area contributed by atoms with Crippen LogP contribution in [-0.4, -0.2) is 23.4 Å². The van der Waals surface area contributed by atoms with Crippen molar-refractivity contribution in [3.05, 3.63) is 97.3 Å². The topological polar surface area (TPSA) is 55.2 Å². The minimum Gasteiger partial charge on any atom is -0.543 e. The van der Waals surface area contributed by atoms with E-state index in [1.54, 1.807) is 24.4 Å². The molecule has 0 radical (unpaired) electrons. The van der Waals surface area contributed by atoms with Gasteiger partial charge in [-0.2, -0.15) is 0 Å². The van der Waals surface area contributed by atoms with E-state index in [1.807, 2.05) is 60.8 Å². The molecule has 0 aliphatic carbocycles. The van der Waals surface area contributed by atoms with E-state index < -0.39 is 8.32 Å². The highest BCUT2D eigenvalue weighted by atomic mass is 28.4. The Kier molecular flexibility index (Phi) is 7.66. The number of hydrogen-bond acceptors (Lipinski definition) is 4. The third-order valence-corrected chi connectivity index (χ3v) is 10.1. The quantitative estimate of drug-likeness (QED) is 0.321. The standard InChI is InChI=1S/C17H23NOSi.C11H9NO/c1-17(2,3)20(4,5)19-15-10-8-9-14(13-15)16-11-6-7-12-18-16;13-10-5-3-4-9(8-10)11-6-1-2-7-12-11/h6-13H,1-5H3;1-8,13H. The molecule has 2 aromatic heterocycles. The van der Waals surface area contributed by atoms with Gasteiger partial charge in [0.05, 0.1) is 11.4 Å². The summed E-state index contributed by atoms with van der Waals surface area (Å²) in [5.74, 6) is 1.21. The van der Waals surface area contributed by atoms with Crippen LogP contribution in [0.1, 0.15) is 20.8 Å². The molecule has 1 N–H and O–H groups in total. The van der Waals surface area contributed by atoms with Gasteiger partial charge in [-0.15, -0.1) is 0 Å². The molecule has 5 heteroatoms. The molecule has 0 saturated carbocycles. The SMILES string of the molecule is CC(C)(C)[Si](C)(C)Oc1cccc(-c2ccccn2)c1.Oc1cccc(-c2ccccn2)c1. The normalized spacial score (nSPS) is 11.3. The summed E-state index contributed by atoms with van der Waals surface area (Å²) < 4.78 is 6.34. The number of phenols is 1. The Morgan fingerprint density at radius 2 is 1.24 bits per heavy atom. The van der Waals surface area contributed by atoms with Crippen molar-refractivity contribution in [3.8, 4) is 34.0 Å². The maximum Gasteiger partial charge on any atom is 0.250 e. The average Bonchev–Trinajstić information content (AvgIpc) is 2.80. The van der Waals surface area contributed by atoms with Gasteiger partial charge in [-0.05, 0) is 66.7 Å². The van der Waals surface area contributed by atoms with Crippen LogP contribution in [0.25, 0.3) is 22.5 Å². The number of benzene rings is 2. The van der Waals surface area contributed by atoms with Crippen LogP contribution < -0.4 is 4.43 Å². The minimum absolute atomic E-state index is 0.202. The van der Waals surface area contributed by atoms with Crippen molar-refractivity contribution < 1.29 is 9.53 Å². The van der Waals surface area contributed by atoms with Crippen molar-refractivity contribution in [2.75, 3.05) is 0 Å². The van der Waals surface area contributed by atoms with Crippen LogP contribution in [0.5, 0.6) is 11.5 Å². The summed E-state index contributed by atoms with van der Waals surface area (Å²) in [7, 11) is -1.79. The predicted octanol–water partition coefficient (Wildman–Crippen LogP) is 7.59. The molecule has 4 nitrogen and oxygen atoms in total. The fourth-order valence-electron chi connectivity index (χ4n) is 2.90. The van der Waals surface area contributed by atoms with Crippen molar-refractivity contribution >= 4 is 8.32 Å². The minimum atomic E-state index is -1.79. The first-order valence-electron chi connectivity index (χ1n) is 11.1. The number of rotatable bonds is 4. The molecular weight excluding hydrogens is 424 g/mol. The fraction of sp³-hybridized carbons (Fsp3) is 0.214. The monoisotopic (exact) mass is 456 g/mol. The number of pyridine rings is 2. The van der Waals surface area contributed by atoms with Crippen LogP contribution in [0, 0.1) is 0 Å². The first-order chi connectivity index (χ1) is 15.7. The zero-order valence-corrected chi connectivity index (χ0v) is 21.0. The van der Waals surface area contributed by atoms with Crippen LogP contribution in [0.4, 0.5) is 0 Å². The van der Waals surface area contributed by atoms with Crippen LogP contribution in [0.2, 0.25) is 18.1 Å². The van der Waals surface area contributed by atoms with Crippen LogP contribution in [0.15, 0.2) is 97.3 Å². The first kappa shape index (κ1) is 24.2. The molecule has 2 aromatic carbocycles. The lowest BCUT2D eigenvalue weighted by Gasteiger charge is -2.36. The van der Waals surface area contributed by atoms with E-state index >= 15 is 0 Å². The van der Waals surface area contributed by atoms with Gasteiger partial charge in [-0.3, -0.25) is 9.97 Å². The van der Waals surface area contributed by atoms with Crippen molar-refractivity contribution in [1.82, 2.24) is 9.97 Å². The molecule has 4 aromatic rings. The van der Waals surface area contributed by atoms with Crippen molar-refractivity contribution in [2.24, 2.45) is 0 Å². The second kappa shape index (κ2) is 10.4. The van der Waals surface area contributed by atoms with Crippen molar-refractivity contribution in [2.45, 2.75) is 38.9 Å². The van der Waals surface area contributed by atoms with Crippen LogP contribution in [-0.2, 0) is 0 Å². The van der Waals surface area contributed by atoms with E-state index in [-0.39, 0.29) is 10.8 Å². The summed E-state index contributed by atoms with van der Waals surface area (Å²) >= 11 is 0. The lowest BCUT2D eigenvalue weighted by Crippen LogP contribution is -2.43. The zero-order chi connectivity index (χ0) is 23.9. The lowest BCUT2D eigenvalue weighted by atomic mass is 10.1. The highest BCUT2D eigenvalue weighted by Crippen LogP contribution is 2.37. The molecule has 0 bridgehead atoms. The maximum absolute atomic E-state index is 9.25. The average molecular weight is 457 g/mol. The molecule has 0 unspecified atom stereocenters. The Balaban J connectivity index is 0.000000203. The fourth-order valence-corrected chi connectivity index (χ4v) is 3.92. The maximum atomic E-state index is 9.25. The summed E-state index contributed by atoms with van der Waals surface area (Å²) in [6.45, 7) is 11.3. The summed E-state index contributed by atoms with van der Waals surface area (Å²) in [4.78, 5) is 8.57. The molecule has 0 atom stereocenters. The Morgan fingerprint density at radius 1 is 0.697 bits per heavy atom. The smallest absolute Gasteiger partial charge is 0.250 e. The number of hydrogen-bond donors (Lipinski definition) is 1. The molecule has 2 heterocycles. The Hall–Kier alpha value is -3.44. The van der Waals surface area contributed by atoms with E-state index in [1.165, 1.54) is 0 Å². The third kappa shape index (κ3) is 6.77. The Labute approximate surface area is 198 Å². The lowest BCUT2D eigenvalue weighted by molar-refractivity contribution is 0.475. The molecule has 0 fully saturated rings. The second-order valence-corrected chi connectivity index (χ2v) is 14.1. The molecule has 0 saturated heterocycles. The molecule has 4 rings (SSSR count). The second-order valence-electron chi connectivity index (χ2n) is 9.37. The number of nitrogens with zero attached hydrogens (tertiary/aromatic N) is 2. The first-order valence-corrected chi connectivity index (χ1v) is 14.0. The molecule has 170 valence electrons. The van der Waals surface area contributed by atoms with Gasteiger partial charge in [0.1, 0.15) is 11.5 Å². The molecule has 33 heavy (non-hydrogen) atoms. The van der Waals surface area contributed by atoms with E-state index in [0.717, 1.165) is 28.3 Å². The predicted molar refractivity (Wildman–Crippen MR) is 139 cm³/mol. The molecule has 0 amide bonds. The largest absolute Gasteiger partial charge is 0.543 e. The van der Waals surface area contributed by atoms with Crippen molar-refractivity contribution in [1.29, 1.82) is 0 Å². The summed E-state index contributed by atoms with van der Waals surface area (Å²) in [6, 6.07) is 26.9. The summed E-state index contributed by atoms with van der Waals surface area (Å²) in [6.07, 6.45) is 3.55. The number of phenolic OH excluding ortho intramolecular Hbond substituents is 1. The van der Waals surface area contributed by atoms with E-state index in [9.17, 15) is 5.11 Å². The Bertz CT molecular complexity index is 1160. The molecule has 0 spiro atoms.